The van der Waals surface area contributed by atoms with Crippen molar-refractivity contribution in [3.8, 4) is 5.75 Å². The minimum Gasteiger partial charge on any atom is -0.426 e. The van der Waals surface area contributed by atoms with Crippen molar-refractivity contribution in [2.75, 3.05) is 16.2 Å². The minimum absolute atomic E-state index is 0.177. The average Bonchev–Trinajstić information content (AvgIpc) is 2.78. The Morgan fingerprint density at radius 1 is 1.00 bits per heavy atom. The van der Waals surface area contributed by atoms with Crippen LogP contribution in [0.2, 0.25) is 0 Å². The molecule has 3 aromatic rings. The number of sulfonamides is 1. The molecule has 0 aromatic heterocycles. The summed E-state index contributed by atoms with van der Waals surface area (Å²) in [4.78, 5) is 24.4. The van der Waals surface area contributed by atoms with Crippen molar-refractivity contribution in [3.63, 3.8) is 0 Å². The molecule has 7 nitrogen and oxygen atoms in total. The summed E-state index contributed by atoms with van der Waals surface area (Å²) in [5, 5.41) is 2.82. The lowest BCUT2D eigenvalue weighted by Crippen LogP contribution is -2.35. The first-order valence-corrected chi connectivity index (χ1v) is 12.0. The lowest BCUT2D eigenvalue weighted by molar-refractivity contribution is -0.131. The number of benzene rings is 3. The molecule has 0 atom stereocenters. The van der Waals surface area contributed by atoms with E-state index in [1.807, 2.05) is 6.92 Å². The second-order valence-electron chi connectivity index (χ2n) is 7.88. The standard InChI is InChI=1S/C25H24N2O5S/c1-17-9-12-21(13-10-17)33(30,31)27-15-5-6-19-16-20(11-14-23(19)27)26-25(29)22-7-3-4-8-24(22)32-18(2)28/h3-4,7-14,16H,5-6,15H2,1-2H3,(H,26,29). The molecule has 0 aliphatic carbocycles. The highest BCUT2D eigenvalue weighted by atomic mass is 32.2. The van der Waals surface area contributed by atoms with Crippen LogP contribution in [0.1, 0.15) is 34.8 Å². The monoisotopic (exact) mass is 464 g/mol. The van der Waals surface area contributed by atoms with Crippen LogP contribution in [0.15, 0.2) is 71.6 Å². The van der Waals surface area contributed by atoms with Crippen LogP contribution in [-0.4, -0.2) is 26.8 Å². The Hall–Kier alpha value is -3.65. The van der Waals surface area contributed by atoms with Gasteiger partial charge in [-0.2, -0.15) is 0 Å². The Morgan fingerprint density at radius 3 is 2.45 bits per heavy atom. The first-order valence-electron chi connectivity index (χ1n) is 10.6. The average molecular weight is 465 g/mol. The molecule has 0 radical (unpaired) electrons. The number of anilines is 2. The fraction of sp³-hybridized carbons (Fsp3) is 0.200. The fourth-order valence-electron chi connectivity index (χ4n) is 3.82. The second-order valence-corrected chi connectivity index (χ2v) is 9.74. The molecule has 33 heavy (non-hydrogen) atoms. The maximum absolute atomic E-state index is 13.2. The van der Waals surface area contributed by atoms with Crippen LogP contribution < -0.4 is 14.4 Å². The Labute approximate surface area is 193 Å². The summed E-state index contributed by atoms with van der Waals surface area (Å²) in [5.74, 6) is -0.763. The van der Waals surface area contributed by atoms with Gasteiger partial charge in [-0.15, -0.1) is 0 Å². The zero-order valence-corrected chi connectivity index (χ0v) is 19.2. The highest BCUT2D eigenvalue weighted by molar-refractivity contribution is 7.92. The molecule has 0 saturated heterocycles. The van der Waals surface area contributed by atoms with E-state index >= 15 is 0 Å². The van der Waals surface area contributed by atoms with E-state index in [9.17, 15) is 18.0 Å². The molecule has 1 heterocycles. The van der Waals surface area contributed by atoms with Crippen LogP contribution in [0.4, 0.5) is 11.4 Å². The molecule has 4 rings (SSSR count). The van der Waals surface area contributed by atoms with Crippen molar-refractivity contribution in [2.45, 2.75) is 31.6 Å². The van der Waals surface area contributed by atoms with E-state index in [0.717, 1.165) is 11.1 Å². The Morgan fingerprint density at radius 2 is 1.73 bits per heavy atom. The second kappa shape index (κ2) is 9.07. The number of esters is 1. The number of nitrogens with zero attached hydrogens (tertiary/aromatic N) is 1. The van der Waals surface area contributed by atoms with Gasteiger partial charge in [-0.05, 0) is 67.8 Å². The van der Waals surface area contributed by atoms with Gasteiger partial charge in [0.15, 0.2) is 0 Å². The molecule has 1 N–H and O–H groups in total. The first-order chi connectivity index (χ1) is 15.8. The third-order valence-corrected chi connectivity index (χ3v) is 7.24. The minimum atomic E-state index is -3.69. The topological polar surface area (TPSA) is 92.8 Å². The summed E-state index contributed by atoms with van der Waals surface area (Å²) in [6.45, 7) is 3.58. The molecule has 170 valence electrons. The summed E-state index contributed by atoms with van der Waals surface area (Å²) >= 11 is 0. The molecule has 0 fully saturated rings. The highest BCUT2D eigenvalue weighted by Gasteiger charge is 2.29. The molecular formula is C25H24N2O5S. The van der Waals surface area contributed by atoms with E-state index in [-0.39, 0.29) is 16.2 Å². The van der Waals surface area contributed by atoms with Crippen LogP contribution in [0, 0.1) is 6.92 Å². The summed E-state index contributed by atoms with van der Waals surface area (Å²) in [6, 6.07) is 18.5. The Kier molecular flexibility index (Phi) is 6.20. The fourth-order valence-corrected chi connectivity index (χ4v) is 5.37. The number of carbonyl (C=O) groups excluding carboxylic acids is 2. The van der Waals surface area contributed by atoms with Gasteiger partial charge in [-0.25, -0.2) is 8.42 Å². The number of para-hydroxylation sites is 1. The van der Waals surface area contributed by atoms with Gasteiger partial charge in [0.05, 0.1) is 16.1 Å². The number of ether oxygens (including phenoxy) is 1. The quantitative estimate of drug-likeness (QED) is 0.449. The van der Waals surface area contributed by atoms with Crippen molar-refractivity contribution >= 4 is 33.3 Å². The third kappa shape index (κ3) is 4.75. The van der Waals surface area contributed by atoms with Crippen molar-refractivity contribution in [1.29, 1.82) is 0 Å². The van der Waals surface area contributed by atoms with Crippen molar-refractivity contribution in [3.05, 3.63) is 83.4 Å². The number of rotatable bonds is 5. The van der Waals surface area contributed by atoms with Crippen LogP contribution >= 0.6 is 0 Å². The summed E-state index contributed by atoms with van der Waals surface area (Å²) in [5.41, 5.74) is 3.20. The van der Waals surface area contributed by atoms with Crippen LogP contribution in [-0.2, 0) is 21.2 Å². The zero-order valence-electron chi connectivity index (χ0n) is 18.4. The van der Waals surface area contributed by atoms with E-state index in [4.69, 9.17) is 4.74 Å². The van der Waals surface area contributed by atoms with Gasteiger partial charge in [0.1, 0.15) is 5.75 Å². The molecule has 1 aliphatic heterocycles. The van der Waals surface area contributed by atoms with Crippen LogP contribution in [0.3, 0.4) is 0 Å². The first kappa shape index (κ1) is 22.5. The number of aryl methyl sites for hydroxylation is 2. The molecule has 0 unspecified atom stereocenters. The number of amides is 1. The Balaban J connectivity index is 1.60. The van der Waals surface area contributed by atoms with Crippen molar-refractivity contribution in [1.82, 2.24) is 0 Å². The molecule has 1 aliphatic rings. The van der Waals surface area contributed by atoms with Crippen LogP contribution in [0.25, 0.3) is 0 Å². The zero-order chi connectivity index (χ0) is 23.6. The molecule has 0 saturated carbocycles. The van der Waals surface area contributed by atoms with E-state index in [2.05, 4.69) is 5.32 Å². The van der Waals surface area contributed by atoms with E-state index in [0.29, 0.717) is 30.8 Å². The third-order valence-electron chi connectivity index (χ3n) is 5.41. The van der Waals surface area contributed by atoms with E-state index < -0.39 is 21.9 Å². The van der Waals surface area contributed by atoms with Crippen molar-refractivity contribution < 1.29 is 22.7 Å². The smallest absolute Gasteiger partial charge is 0.308 e. The van der Waals surface area contributed by atoms with Gasteiger partial charge in [0, 0.05) is 19.2 Å². The van der Waals surface area contributed by atoms with Gasteiger partial charge in [0.25, 0.3) is 15.9 Å². The van der Waals surface area contributed by atoms with Gasteiger partial charge < -0.3 is 10.1 Å². The predicted molar refractivity (Wildman–Crippen MR) is 126 cm³/mol. The maximum Gasteiger partial charge on any atom is 0.308 e. The lowest BCUT2D eigenvalue weighted by Gasteiger charge is -2.31. The van der Waals surface area contributed by atoms with Gasteiger partial charge in [0.2, 0.25) is 0 Å². The highest BCUT2D eigenvalue weighted by Crippen LogP contribution is 2.34. The van der Waals surface area contributed by atoms with E-state index in [1.165, 1.54) is 11.2 Å². The van der Waals surface area contributed by atoms with Gasteiger partial charge in [-0.3, -0.25) is 13.9 Å². The number of hydrogen-bond acceptors (Lipinski definition) is 5. The summed E-state index contributed by atoms with van der Waals surface area (Å²) in [7, 11) is -3.69. The van der Waals surface area contributed by atoms with Crippen LogP contribution in [0.5, 0.6) is 5.75 Å². The van der Waals surface area contributed by atoms with E-state index in [1.54, 1.807) is 66.7 Å². The largest absolute Gasteiger partial charge is 0.426 e. The molecule has 0 spiro atoms. The number of nitrogens with one attached hydrogen (secondary N) is 1. The lowest BCUT2D eigenvalue weighted by atomic mass is 10.0. The van der Waals surface area contributed by atoms with Crippen molar-refractivity contribution in [2.24, 2.45) is 0 Å². The van der Waals surface area contributed by atoms with Gasteiger partial charge >= 0.3 is 5.97 Å². The maximum atomic E-state index is 13.2. The van der Waals surface area contributed by atoms with Gasteiger partial charge in [-0.1, -0.05) is 29.8 Å². The molecule has 8 heteroatoms. The summed E-state index contributed by atoms with van der Waals surface area (Å²) in [6.07, 6.45) is 1.37. The molecule has 3 aromatic carbocycles. The predicted octanol–water partition coefficient (Wildman–Crippen LogP) is 4.31. The number of fused-ring (bicyclic) bond motifs is 1. The SMILES string of the molecule is CC(=O)Oc1ccccc1C(=O)Nc1ccc2c(c1)CCCN2S(=O)(=O)c1ccc(C)cc1. The molecular weight excluding hydrogens is 440 g/mol. The normalized spacial score (nSPS) is 13.2. The summed E-state index contributed by atoms with van der Waals surface area (Å²) < 4.78 is 33.0. The number of hydrogen-bond donors (Lipinski definition) is 1. The number of carbonyl (C=O) groups is 2. The molecule has 1 amide bonds. The molecule has 0 bridgehead atoms. The Bertz CT molecular complexity index is 1320.